The minimum Gasteiger partial charge on any atom is -0.207 e. The molecule has 0 aliphatic heterocycles. The van der Waals surface area contributed by atoms with Crippen molar-refractivity contribution < 1.29 is 4.39 Å². The van der Waals surface area contributed by atoms with Crippen molar-refractivity contribution in [3.05, 3.63) is 41.7 Å². The van der Waals surface area contributed by atoms with Crippen molar-refractivity contribution in [1.82, 2.24) is 0 Å². The summed E-state index contributed by atoms with van der Waals surface area (Å²) in [5, 5.41) is 0. The van der Waals surface area contributed by atoms with Crippen LogP contribution in [0.3, 0.4) is 0 Å². The summed E-state index contributed by atoms with van der Waals surface area (Å²) in [5.74, 6) is -0.182. The molecule has 0 aliphatic rings. The van der Waals surface area contributed by atoms with Crippen LogP contribution in [-0.4, -0.2) is 0 Å². The molecule has 1 rings (SSSR count). The van der Waals surface area contributed by atoms with Crippen molar-refractivity contribution >= 4 is 6.08 Å². The van der Waals surface area contributed by atoms with Crippen LogP contribution in [-0.2, 0) is 0 Å². The Bertz CT molecular complexity index is 301. The molecular weight excluding hydrogens is 175 g/mol. The van der Waals surface area contributed by atoms with E-state index < -0.39 is 0 Å². The van der Waals surface area contributed by atoms with Crippen molar-refractivity contribution in [3.63, 3.8) is 0 Å². The van der Waals surface area contributed by atoms with E-state index in [0.717, 1.165) is 12.0 Å². The molecular formula is C13H17F. The Hall–Kier alpha value is -1.11. The Morgan fingerprint density at radius 3 is 2.21 bits per heavy atom. The molecule has 0 unspecified atom stereocenters. The molecule has 0 radical (unpaired) electrons. The number of hydrogen-bond donors (Lipinski definition) is 0. The topological polar surface area (TPSA) is 0 Å². The number of halogens is 1. The van der Waals surface area contributed by atoms with Crippen molar-refractivity contribution in [3.8, 4) is 0 Å². The summed E-state index contributed by atoms with van der Waals surface area (Å²) in [4.78, 5) is 0. The van der Waals surface area contributed by atoms with Crippen LogP contribution in [0.25, 0.3) is 6.08 Å². The quantitative estimate of drug-likeness (QED) is 0.656. The first-order valence-electron chi connectivity index (χ1n) is 4.89. The molecule has 0 heterocycles. The molecule has 0 spiro atoms. The molecule has 0 saturated carbocycles. The van der Waals surface area contributed by atoms with Crippen LogP contribution < -0.4 is 0 Å². The summed E-state index contributed by atoms with van der Waals surface area (Å²) in [5.41, 5.74) is 1.37. The van der Waals surface area contributed by atoms with E-state index in [2.05, 4.69) is 26.8 Å². The zero-order valence-corrected chi connectivity index (χ0v) is 9.05. The molecule has 0 bridgehead atoms. The van der Waals surface area contributed by atoms with E-state index in [-0.39, 0.29) is 5.82 Å². The highest BCUT2D eigenvalue weighted by molar-refractivity contribution is 5.48. The first-order chi connectivity index (χ1) is 6.47. The molecule has 0 amide bonds. The monoisotopic (exact) mass is 192 g/mol. The van der Waals surface area contributed by atoms with Crippen LogP contribution in [0.1, 0.15) is 32.8 Å². The van der Waals surface area contributed by atoms with E-state index in [1.807, 2.05) is 6.08 Å². The Morgan fingerprint density at radius 2 is 1.71 bits per heavy atom. The average molecular weight is 192 g/mol. The summed E-state index contributed by atoms with van der Waals surface area (Å²) in [7, 11) is 0. The Morgan fingerprint density at radius 1 is 1.14 bits per heavy atom. The predicted octanol–water partition coefficient (Wildman–Crippen LogP) is 4.28. The third kappa shape index (κ3) is 4.22. The predicted molar refractivity (Wildman–Crippen MR) is 59.5 cm³/mol. The van der Waals surface area contributed by atoms with Gasteiger partial charge in [-0.2, -0.15) is 0 Å². The number of rotatable bonds is 2. The van der Waals surface area contributed by atoms with Gasteiger partial charge in [0.1, 0.15) is 5.82 Å². The SMILES string of the molecule is CC(C)(C)C/C=C/c1ccc(F)cc1. The van der Waals surface area contributed by atoms with Gasteiger partial charge in [-0.1, -0.05) is 45.1 Å². The van der Waals surface area contributed by atoms with E-state index in [0.29, 0.717) is 5.41 Å². The second kappa shape index (κ2) is 4.41. The van der Waals surface area contributed by atoms with Gasteiger partial charge < -0.3 is 0 Å². The van der Waals surface area contributed by atoms with Crippen molar-refractivity contribution in [2.75, 3.05) is 0 Å². The van der Waals surface area contributed by atoms with Gasteiger partial charge in [-0.25, -0.2) is 4.39 Å². The summed E-state index contributed by atoms with van der Waals surface area (Å²) >= 11 is 0. The van der Waals surface area contributed by atoms with Crippen LogP contribution in [0, 0.1) is 11.2 Å². The van der Waals surface area contributed by atoms with Crippen LogP contribution in [0.5, 0.6) is 0 Å². The third-order valence-corrected chi connectivity index (χ3v) is 1.91. The molecule has 76 valence electrons. The highest BCUT2D eigenvalue weighted by atomic mass is 19.1. The third-order valence-electron chi connectivity index (χ3n) is 1.91. The Labute approximate surface area is 85.5 Å². The molecule has 0 N–H and O–H groups in total. The van der Waals surface area contributed by atoms with Gasteiger partial charge in [-0.15, -0.1) is 0 Å². The lowest BCUT2D eigenvalue weighted by molar-refractivity contribution is 0.421. The van der Waals surface area contributed by atoms with E-state index in [4.69, 9.17) is 0 Å². The Balaban J connectivity index is 2.57. The molecule has 0 aliphatic carbocycles. The van der Waals surface area contributed by atoms with Gasteiger partial charge in [0.15, 0.2) is 0 Å². The first kappa shape index (κ1) is 11.0. The summed E-state index contributed by atoms with van der Waals surface area (Å²) in [6.07, 6.45) is 5.20. The lowest BCUT2D eigenvalue weighted by Gasteiger charge is -2.14. The zero-order valence-electron chi connectivity index (χ0n) is 9.05. The molecule has 1 aromatic carbocycles. The summed E-state index contributed by atoms with van der Waals surface area (Å²) < 4.78 is 12.6. The number of benzene rings is 1. The minimum absolute atomic E-state index is 0.182. The summed E-state index contributed by atoms with van der Waals surface area (Å²) in [6, 6.07) is 6.54. The van der Waals surface area contributed by atoms with Gasteiger partial charge in [0.2, 0.25) is 0 Å². The maximum absolute atomic E-state index is 12.6. The van der Waals surface area contributed by atoms with E-state index >= 15 is 0 Å². The molecule has 0 fully saturated rings. The van der Waals surface area contributed by atoms with Crippen LogP contribution in [0.4, 0.5) is 4.39 Å². The van der Waals surface area contributed by atoms with Gasteiger partial charge in [0.05, 0.1) is 0 Å². The van der Waals surface area contributed by atoms with Crippen molar-refractivity contribution in [2.45, 2.75) is 27.2 Å². The van der Waals surface area contributed by atoms with Crippen LogP contribution in [0.15, 0.2) is 30.3 Å². The molecule has 1 heteroatoms. The molecule has 0 aromatic heterocycles. The standard InChI is InChI=1S/C13H17F/c1-13(2,3)10-4-5-11-6-8-12(14)9-7-11/h4-9H,10H2,1-3H3/b5-4+. The van der Waals surface area contributed by atoms with Crippen molar-refractivity contribution in [2.24, 2.45) is 5.41 Å². The van der Waals surface area contributed by atoms with Gasteiger partial charge in [-0.05, 0) is 29.5 Å². The fourth-order valence-corrected chi connectivity index (χ4v) is 1.12. The largest absolute Gasteiger partial charge is 0.207 e. The highest BCUT2D eigenvalue weighted by Crippen LogP contribution is 2.19. The van der Waals surface area contributed by atoms with Gasteiger partial charge in [0.25, 0.3) is 0 Å². The first-order valence-corrected chi connectivity index (χ1v) is 4.89. The Kier molecular flexibility index (Phi) is 3.45. The van der Waals surface area contributed by atoms with Gasteiger partial charge in [0, 0.05) is 0 Å². The normalized spacial score (nSPS) is 12.3. The van der Waals surface area contributed by atoms with E-state index in [1.165, 1.54) is 12.1 Å². The fourth-order valence-electron chi connectivity index (χ4n) is 1.12. The van der Waals surface area contributed by atoms with Crippen molar-refractivity contribution in [1.29, 1.82) is 0 Å². The highest BCUT2D eigenvalue weighted by Gasteiger charge is 2.06. The van der Waals surface area contributed by atoms with E-state index in [1.54, 1.807) is 12.1 Å². The van der Waals surface area contributed by atoms with E-state index in [9.17, 15) is 4.39 Å². The zero-order chi connectivity index (χ0) is 10.6. The van der Waals surface area contributed by atoms with Crippen LogP contribution in [0.2, 0.25) is 0 Å². The summed E-state index contributed by atoms with van der Waals surface area (Å²) in [6.45, 7) is 6.59. The average Bonchev–Trinajstić information content (AvgIpc) is 2.06. The molecule has 0 nitrogen and oxygen atoms in total. The molecule has 1 aromatic rings. The number of allylic oxidation sites excluding steroid dienone is 1. The lowest BCUT2D eigenvalue weighted by atomic mass is 9.92. The van der Waals surface area contributed by atoms with Gasteiger partial charge in [-0.3, -0.25) is 0 Å². The maximum Gasteiger partial charge on any atom is 0.123 e. The molecule has 0 atom stereocenters. The minimum atomic E-state index is -0.182. The molecule has 14 heavy (non-hydrogen) atoms. The van der Waals surface area contributed by atoms with Gasteiger partial charge >= 0.3 is 0 Å². The number of hydrogen-bond acceptors (Lipinski definition) is 0. The fraction of sp³-hybridized carbons (Fsp3) is 0.385. The van der Waals surface area contributed by atoms with Crippen LogP contribution >= 0.6 is 0 Å². The maximum atomic E-state index is 12.6. The smallest absolute Gasteiger partial charge is 0.123 e. The second-order valence-electron chi connectivity index (χ2n) is 4.72. The molecule has 0 saturated heterocycles. The lowest BCUT2D eigenvalue weighted by Crippen LogP contribution is -2.01. The second-order valence-corrected chi connectivity index (χ2v) is 4.72.